The Hall–Kier alpha value is -0.820. The molecule has 0 saturated heterocycles. The minimum Gasteiger partial charge on any atom is -0.312 e. The fraction of sp³-hybridized carbons (Fsp3) is 0.667. The largest absolute Gasteiger partial charge is 0.312 e. The van der Waals surface area contributed by atoms with Crippen LogP contribution in [0.5, 0.6) is 0 Å². The van der Waals surface area contributed by atoms with E-state index in [1.54, 1.807) is 0 Å². The van der Waals surface area contributed by atoms with Crippen LogP contribution in [0, 0.1) is 11.8 Å². The van der Waals surface area contributed by atoms with E-state index in [0.29, 0.717) is 0 Å². The number of rotatable bonds is 6. The number of nitrogens with one attached hydrogen (secondary N) is 1. The van der Waals surface area contributed by atoms with Gasteiger partial charge >= 0.3 is 0 Å². The van der Waals surface area contributed by atoms with Crippen molar-refractivity contribution in [2.24, 2.45) is 11.8 Å². The summed E-state index contributed by atoms with van der Waals surface area (Å²) in [4.78, 5) is 0. The molecule has 1 aromatic carbocycles. The Balaban J connectivity index is 1.72. The molecule has 1 heteroatoms. The molecular weight excluding hydrogens is 230 g/mol. The average Bonchev–Trinajstić information content (AvgIpc) is 2.48. The maximum absolute atomic E-state index is 3.68. The summed E-state index contributed by atoms with van der Waals surface area (Å²) in [5, 5.41) is 3.68. The lowest BCUT2D eigenvalue weighted by Crippen LogP contribution is -2.26. The first kappa shape index (κ1) is 14.6. The maximum Gasteiger partial charge on any atom is 0.0208 e. The second kappa shape index (κ2) is 7.69. The van der Waals surface area contributed by atoms with Gasteiger partial charge in [-0.25, -0.2) is 0 Å². The van der Waals surface area contributed by atoms with Crippen molar-refractivity contribution in [1.29, 1.82) is 0 Å². The molecule has 0 unspecified atom stereocenters. The minimum atomic E-state index is 0.914. The Morgan fingerprint density at radius 1 is 0.947 bits per heavy atom. The van der Waals surface area contributed by atoms with E-state index in [1.165, 1.54) is 49.8 Å². The number of hydrogen-bond acceptors (Lipinski definition) is 1. The van der Waals surface area contributed by atoms with Gasteiger partial charge in [-0.1, -0.05) is 57.4 Å². The summed E-state index contributed by atoms with van der Waals surface area (Å²) in [5.41, 5.74) is 2.97. The van der Waals surface area contributed by atoms with Crippen LogP contribution in [0.25, 0.3) is 0 Å². The number of hydrogen-bond donors (Lipinski definition) is 1. The van der Waals surface area contributed by atoms with Gasteiger partial charge < -0.3 is 5.32 Å². The van der Waals surface area contributed by atoms with Crippen molar-refractivity contribution in [3.05, 3.63) is 35.4 Å². The van der Waals surface area contributed by atoms with E-state index < -0.39 is 0 Å². The summed E-state index contributed by atoms with van der Waals surface area (Å²) in [6.07, 6.45) is 8.29. The maximum atomic E-state index is 3.68. The molecule has 1 fully saturated rings. The minimum absolute atomic E-state index is 0.914. The quantitative estimate of drug-likeness (QED) is 0.790. The molecule has 0 aromatic heterocycles. The predicted octanol–water partition coefficient (Wildman–Crippen LogP) is 4.56. The molecule has 2 rings (SSSR count). The molecule has 1 aliphatic carbocycles. The molecule has 106 valence electrons. The molecule has 0 bridgehead atoms. The van der Waals surface area contributed by atoms with Gasteiger partial charge in [0.15, 0.2) is 0 Å². The van der Waals surface area contributed by atoms with Crippen LogP contribution in [0.4, 0.5) is 0 Å². The Kier molecular flexibility index (Phi) is 5.91. The molecule has 1 nitrogen and oxygen atoms in total. The fourth-order valence-corrected chi connectivity index (χ4v) is 3.33. The third-order valence-electron chi connectivity index (χ3n) is 4.79. The van der Waals surface area contributed by atoms with Gasteiger partial charge in [0.2, 0.25) is 0 Å². The highest BCUT2D eigenvalue weighted by Gasteiger charge is 2.19. The molecule has 0 amide bonds. The average molecular weight is 259 g/mol. The SMILES string of the molecule is CCc1ccccc1CNCC1CCC(CC)CC1. The first-order valence-corrected chi connectivity index (χ1v) is 8.11. The zero-order chi connectivity index (χ0) is 13.5. The molecule has 0 aliphatic heterocycles. The van der Waals surface area contributed by atoms with Gasteiger partial charge in [0, 0.05) is 6.54 Å². The van der Waals surface area contributed by atoms with Gasteiger partial charge in [0.25, 0.3) is 0 Å². The third-order valence-corrected chi connectivity index (χ3v) is 4.79. The number of aryl methyl sites for hydroxylation is 1. The first-order valence-electron chi connectivity index (χ1n) is 8.11. The normalized spacial score (nSPS) is 23.5. The lowest BCUT2D eigenvalue weighted by atomic mass is 9.81. The highest BCUT2D eigenvalue weighted by Crippen LogP contribution is 2.30. The Morgan fingerprint density at radius 2 is 1.58 bits per heavy atom. The molecule has 1 saturated carbocycles. The highest BCUT2D eigenvalue weighted by atomic mass is 14.9. The monoisotopic (exact) mass is 259 g/mol. The summed E-state index contributed by atoms with van der Waals surface area (Å²) in [6, 6.07) is 8.82. The summed E-state index contributed by atoms with van der Waals surface area (Å²) in [6.45, 7) is 6.82. The van der Waals surface area contributed by atoms with E-state index >= 15 is 0 Å². The van der Waals surface area contributed by atoms with Crippen molar-refractivity contribution in [3.63, 3.8) is 0 Å². The first-order chi connectivity index (χ1) is 9.33. The van der Waals surface area contributed by atoms with Crippen molar-refractivity contribution in [3.8, 4) is 0 Å². The van der Waals surface area contributed by atoms with Crippen LogP contribution < -0.4 is 5.32 Å². The van der Waals surface area contributed by atoms with Crippen LogP contribution in [0.3, 0.4) is 0 Å². The van der Waals surface area contributed by atoms with Crippen LogP contribution in [0.2, 0.25) is 0 Å². The summed E-state index contributed by atoms with van der Waals surface area (Å²) in [7, 11) is 0. The van der Waals surface area contributed by atoms with Crippen LogP contribution in [0.1, 0.15) is 57.1 Å². The van der Waals surface area contributed by atoms with E-state index in [-0.39, 0.29) is 0 Å². The van der Waals surface area contributed by atoms with Gasteiger partial charge in [0.05, 0.1) is 0 Å². The zero-order valence-corrected chi connectivity index (χ0v) is 12.6. The number of benzene rings is 1. The van der Waals surface area contributed by atoms with Crippen molar-refractivity contribution < 1.29 is 0 Å². The van der Waals surface area contributed by atoms with Crippen LogP contribution in [0.15, 0.2) is 24.3 Å². The molecule has 0 atom stereocenters. The predicted molar refractivity (Wildman–Crippen MR) is 83.3 cm³/mol. The molecule has 1 aromatic rings. The standard InChI is InChI=1S/C18H29N/c1-3-15-9-11-16(12-10-15)13-19-14-18-8-6-5-7-17(18)4-2/h5-8,15-16,19H,3-4,9-14H2,1-2H3. The lowest BCUT2D eigenvalue weighted by Gasteiger charge is -2.28. The summed E-state index contributed by atoms with van der Waals surface area (Å²) >= 11 is 0. The zero-order valence-electron chi connectivity index (χ0n) is 12.6. The summed E-state index contributed by atoms with van der Waals surface area (Å²) < 4.78 is 0. The molecule has 0 heterocycles. The van der Waals surface area contributed by atoms with Gasteiger partial charge in [0.1, 0.15) is 0 Å². The lowest BCUT2D eigenvalue weighted by molar-refractivity contribution is 0.262. The molecule has 1 aliphatic rings. The molecule has 0 radical (unpaired) electrons. The van der Waals surface area contributed by atoms with Crippen LogP contribution >= 0.6 is 0 Å². The van der Waals surface area contributed by atoms with Gasteiger partial charge in [-0.3, -0.25) is 0 Å². The van der Waals surface area contributed by atoms with Crippen molar-refractivity contribution in [1.82, 2.24) is 5.32 Å². The Bertz CT molecular complexity index is 364. The van der Waals surface area contributed by atoms with Crippen molar-refractivity contribution in [2.75, 3.05) is 6.54 Å². The molecule has 1 N–H and O–H groups in total. The highest BCUT2D eigenvalue weighted by molar-refractivity contribution is 5.26. The van der Waals surface area contributed by atoms with E-state index in [4.69, 9.17) is 0 Å². The Labute approximate surface area is 118 Å². The van der Waals surface area contributed by atoms with E-state index in [0.717, 1.165) is 24.8 Å². The second-order valence-corrected chi connectivity index (χ2v) is 6.05. The molecule has 19 heavy (non-hydrogen) atoms. The van der Waals surface area contributed by atoms with Crippen LogP contribution in [-0.2, 0) is 13.0 Å². The van der Waals surface area contributed by atoms with Crippen LogP contribution in [-0.4, -0.2) is 6.54 Å². The van der Waals surface area contributed by atoms with Crippen molar-refractivity contribution >= 4 is 0 Å². The third kappa shape index (κ3) is 4.35. The second-order valence-electron chi connectivity index (χ2n) is 6.05. The van der Waals surface area contributed by atoms with E-state index in [1.807, 2.05) is 0 Å². The van der Waals surface area contributed by atoms with Gasteiger partial charge in [-0.2, -0.15) is 0 Å². The fourth-order valence-electron chi connectivity index (χ4n) is 3.33. The van der Waals surface area contributed by atoms with Gasteiger partial charge in [-0.05, 0) is 48.8 Å². The van der Waals surface area contributed by atoms with E-state index in [9.17, 15) is 0 Å². The molecular formula is C18H29N. The topological polar surface area (TPSA) is 12.0 Å². The Morgan fingerprint density at radius 3 is 2.21 bits per heavy atom. The van der Waals surface area contributed by atoms with Crippen molar-refractivity contribution in [2.45, 2.75) is 58.9 Å². The van der Waals surface area contributed by atoms with Gasteiger partial charge in [-0.15, -0.1) is 0 Å². The smallest absolute Gasteiger partial charge is 0.0208 e. The molecule has 0 spiro atoms. The van der Waals surface area contributed by atoms with E-state index in [2.05, 4.69) is 43.4 Å². The summed E-state index contributed by atoms with van der Waals surface area (Å²) in [5.74, 6) is 1.92.